The molecule has 0 spiro atoms. The highest BCUT2D eigenvalue weighted by Gasteiger charge is 2.48. The molecular formula is C19H25N3O6. The van der Waals surface area contributed by atoms with Gasteiger partial charge in [-0.05, 0) is 18.6 Å². The Kier molecular flexibility index (Phi) is 6.03. The summed E-state index contributed by atoms with van der Waals surface area (Å²) >= 11 is 0. The Hall–Kier alpha value is -2.81. The molecule has 9 nitrogen and oxygen atoms in total. The second-order valence-electron chi connectivity index (χ2n) is 7.07. The van der Waals surface area contributed by atoms with E-state index in [0.29, 0.717) is 26.2 Å². The number of nitrogens with zero attached hydrogens (tertiary/aromatic N) is 3. The number of hydrogen-bond acceptors (Lipinski definition) is 5. The van der Waals surface area contributed by atoms with Gasteiger partial charge in [-0.15, -0.1) is 0 Å². The van der Waals surface area contributed by atoms with Gasteiger partial charge in [0.2, 0.25) is 5.91 Å². The molecule has 0 unspecified atom stereocenters. The number of benzene rings is 1. The third-order valence-corrected chi connectivity index (χ3v) is 5.50. The maximum atomic E-state index is 13.1. The van der Waals surface area contributed by atoms with Crippen molar-refractivity contribution in [2.45, 2.75) is 18.6 Å². The van der Waals surface area contributed by atoms with Crippen molar-refractivity contribution in [2.75, 3.05) is 44.7 Å². The van der Waals surface area contributed by atoms with E-state index in [1.54, 1.807) is 4.90 Å². The molecule has 2 N–H and O–H groups in total. The van der Waals surface area contributed by atoms with Gasteiger partial charge >= 0.3 is 12.1 Å². The summed E-state index contributed by atoms with van der Waals surface area (Å²) in [5.74, 6) is -2.76. The number of carboxylic acid groups (broad SMARTS) is 2. The Bertz CT molecular complexity index is 696. The highest BCUT2D eigenvalue weighted by molar-refractivity contribution is 5.91. The minimum Gasteiger partial charge on any atom is -0.481 e. The van der Waals surface area contributed by atoms with Crippen LogP contribution in [0.15, 0.2) is 30.3 Å². The summed E-state index contributed by atoms with van der Waals surface area (Å²) < 4.78 is 5.19. The van der Waals surface area contributed by atoms with E-state index in [0.717, 1.165) is 10.6 Å². The van der Waals surface area contributed by atoms with Gasteiger partial charge in [-0.25, -0.2) is 4.79 Å². The number of methoxy groups -OCH3 is 1. The largest absolute Gasteiger partial charge is 0.481 e. The lowest BCUT2D eigenvalue weighted by Crippen LogP contribution is -2.63. The van der Waals surface area contributed by atoms with Crippen LogP contribution in [-0.2, 0) is 14.3 Å². The molecule has 152 valence electrons. The van der Waals surface area contributed by atoms with Crippen LogP contribution in [0.1, 0.15) is 6.42 Å². The molecule has 2 aliphatic heterocycles. The van der Waals surface area contributed by atoms with Gasteiger partial charge in [0, 0.05) is 39.0 Å². The number of anilines is 1. The minimum atomic E-state index is -1.31. The number of piperazine rings is 1. The molecular weight excluding hydrogens is 366 g/mol. The molecule has 2 fully saturated rings. The highest BCUT2D eigenvalue weighted by Crippen LogP contribution is 2.28. The molecule has 28 heavy (non-hydrogen) atoms. The Balaban J connectivity index is 1.74. The normalized spacial score (nSPS) is 25.5. The lowest BCUT2D eigenvalue weighted by atomic mass is 9.86. The standard InChI is InChI=1S/C19H25N3O6/c1-28-14-11-15(18(24)25)16(22(12-14)19(26)27)17(23)21-9-7-20(8-10-21)13-5-3-2-4-6-13/h2-6,14-16H,7-12H2,1H3,(H,24,25)(H,26,27)/t14-,15-,16-/m0/s1. The summed E-state index contributed by atoms with van der Waals surface area (Å²) in [6, 6.07) is 8.59. The van der Waals surface area contributed by atoms with Crippen molar-refractivity contribution in [3.63, 3.8) is 0 Å². The van der Waals surface area contributed by atoms with Crippen LogP contribution in [0, 0.1) is 5.92 Å². The summed E-state index contributed by atoms with van der Waals surface area (Å²) in [4.78, 5) is 41.2. The van der Waals surface area contributed by atoms with E-state index in [4.69, 9.17) is 4.74 Å². The molecule has 1 aromatic carbocycles. The van der Waals surface area contributed by atoms with Gasteiger partial charge < -0.3 is 24.7 Å². The van der Waals surface area contributed by atoms with Gasteiger partial charge in [0.25, 0.3) is 0 Å². The number of carbonyl (C=O) groups is 3. The molecule has 0 radical (unpaired) electrons. The van der Waals surface area contributed by atoms with E-state index in [1.807, 2.05) is 30.3 Å². The predicted octanol–water partition coefficient (Wildman–Crippen LogP) is 0.803. The lowest BCUT2D eigenvalue weighted by molar-refractivity contribution is -0.157. The highest BCUT2D eigenvalue weighted by atomic mass is 16.5. The number of ether oxygens (including phenoxy) is 1. The lowest BCUT2D eigenvalue weighted by Gasteiger charge is -2.44. The van der Waals surface area contributed by atoms with E-state index in [9.17, 15) is 24.6 Å². The quantitative estimate of drug-likeness (QED) is 0.781. The Morgan fingerprint density at radius 2 is 1.68 bits per heavy atom. The molecule has 2 heterocycles. The van der Waals surface area contributed by atoms with E-state index < -0.39 is 36.0 Å². The molecule has 2 saturated heterocycles. The molecule has 0 aromatic heterocycles. The van der Waals surface area contributed by atoms with Crippen molar-refractivity contribution in [3.8, 4) is 0 Å². The summed E-state index contributed by atoms with van der Waals surface area (Å²) in [6.45, 7) is 2.02. The van der Waals surface area contributed by atoms with Crippen molar-refractivity contribution >= 4 is 23.7 Å². The van der Waals surface area contributed by atoms with Crippen molar-refractivity contribution < 1.29 is 29.3 Å². The van der Waals surface area contributed by atoms with Crippen molar-refractivity contribution in [2.24, 2.45) is 5.92 Å². The zero-order valence-corrected chi connectivity index (χ0v) is 15.7. The first-order valence-corrected chi connectivity index (χ1v) is 9.26. The van der Waals surface area contributed by atoms with Crippen molar-refractivity contribution in [3.05, 3.63) is 30.3 Å². The molecule has 2 amide bonds. The van der Waals surface area contributed by atoms with Gasteiger partial charge in [-0.3, -0.25) is 14.5 Å². The molecule has 3 atom stereocenters. The zero-order valence-electron chi connectivity index (χ0n) is 15.7. The van der Waals surface area contributed by atoms with Gasteiger partial charge in [-0.1, -0.05) is 18.2 Å². The smallest absolute Gasteiger partial charge is 0.408 e. The van der Waals surface area contributed by atoms with Crippen LogP contribution in [-0.4, -0.2) is 90.0 Å². The topological polar surface area (TPSA) is 111 Å². The maximum Gasteiger partial charge on any atom is 0.408 e. The number of carbonyl (C=O) groups excluding carboxylic acids is 1. The van der Waals surface area contributed by atoms with Crippen molar-refractivity contribution in [1.29, 1.82) is 0 Å². The number of amides is 2. The second-order valence-corrected chi connectivity index (χ2v) is 7.07. The summed E-state index contributed by atoms with van der Waals surface area (Å²) in [5, 5.41) is 19.2. The van der Waals surface area contributed by atoms with Crippen molar-refractivity contribution in [1.82, 2.24) is 9.80 Å². The molecule has 9 heteroatoms. The van der Waals surface area contributed by atoms with Crippen LogP contribution >= 0.6 is 0 Å². The first-order chi connectivity index (χ1) is 13.4. The second kappa shape index (κ2) is 8.47. The zero-order chi connectivity index (χ0) is 20.3. The third kappa shape index (κ3) is 4.04. The van der Waals surface area contributed by atoms with Crippen LogP contribution in [0.5, 0.6) is 0 Å². The van der Waals surface area contributed by atoms with E-state index >= 15 is 0 Å². The number of carboxylic acids is 1. The number of hydrogen-bond donors (Lipinski definition) is 2. The number of para-hydroxylation sites is 1. The average Bonchev–Trinajstić information content (AvgIpc) is 2.72. The molecule has 3 rings (SSSR count). The Morgan fingerprint density at radius 3 is 2.21 bits per heavy atom. The van der Waals surface area contributed by atoms with Gasteiger partial charge in [0.05, 0.1) is 18.6 Å². The molecule has 0 bridgehead atoms. The fourth-order valence-corrected chi connectivity index (χ4v) is 3.96. The van der Waals surface area contributed by atoms with Crippen LogP contribution < -0.4 is 4.90 Å². The monoisotopic (exact) mass is 391 g/mol. The molecule has 2 aliphatic rings. The van der Waals surface area contributed by atoms with E-state index in [2.05, 4.69) is 4.90 Å². The first kappa shape index (κ1) is 19.9. The maximum absolute atomic E-state index is 13.1. The van der Waals surface area contributed by atoms with Crippen LogP contribution in [0.3, 0.4) is 0 Å². The van der Waals surface area contributed by atoms with E-state index in [-0.39, 0.29) is 13.0 Å². The summed E-state index contributed by atoms with van der Waals surface area (Å²) in [5.41, 5.74) is 1.06. The summed E-state index contributed by atoms with van der Waals surface area (Å²) in [6.07, 6.45) is -1.75. The first-order valence-electron chi connectivity index (χ1n) is 9.26. The predicted molar refractivity (Wildman–Crippen MR) is 100 cm³/mol. The van der Waals surface area contributed by atoms with Gasteiger partial charge in [-0.2, -0.15) is 0 Å². The summed E-state index contributed by atoms with van der Waals surface area (Å²) in [7, 11) is 1.41. The number of rotatable bonds is 4. The number of aliphatic carboxylic acids is 1. The van der Waals surface area contributed by atoms with Gasteiger partial charge in [0.1, 0.15) is 6.04 Å². The number of piperidine rings is 1. The average molecular weight is 391 g/mol. The molecule has 0 aliphatic carbocycles. The SMILES string of the molecule is CO[C@H]1C[C@H](C(=O)O)[C@@H](C(=O)N2CCN(c3ccccc3)CC2)N(C(=O)O)C1. The molecule has 1 aromatic rings. The third-order valence-electron chi connectivity index (χ3n) is 5.50. The Morgan fingerprint density at radius 1 is 1.04 bits per heavy atom. The van der Waals surface area contributed by atoms with Crippen LogP contribution in [0.25, 0.3) is 0 Å². The Labute approximate surface area is 163 Å². The minimum absolute atomic E-state index is 0.0179. The fraction of sp³-hybridized carbons (Fsp3) is 0.526. The van der Waals surface area contributed by atoms with E-state index in [1.165, 1.54) is 7.11 Å². The number of likely N-dealkylation sites (tertiary alicyclic amines) is 1. The molecule has 0 saturated carbocycles. The van der Waals surface area contributed by atoms with Crippen LogP contribution in [0.4, 0.5) is 10.5 Å². The van der Waals surface area contributed by atoms with Crippen LogP contribution in [0.2, 0.25) is 0 Å². The van der Waals surface area contributed by atoms with Gasteiger partial charge in [0.15, 0.2) is 0 Å². The fourth-order valence-electron chi connectivity index (χ4n) is 3.96.